The van der Waals surface area contributed by atoms with Crippen molar-refractivity contribution < 1.29 is 4.79 Å². The first-order valence-corrected chi connectivity index (χ1v) is 9.85. The first kappa shape index (κ1) is 19.3. The lowest BCUT2D eigenvalue weighted by Crippen LogP contribution is -2.14. The molecule has 3 heteroatoms. The quantitative estimate of drug-likeness (QED) is 0.329. The number of hydrogen-bond acceptors (Lipinski definition) is 2. The molecule has 2 radical (unpaired) electrons. The van der Waals surface area contributed by atoms with Gasteiger partial charge in [-0.2, -0.15) is 0 Å². The number of aryl methyl sites for hydroxylation is 1. The molecule has 132 valence electrons. The van der Waals surface area contributed by atoms with E-state index in [1.807, 2.05) is 67.6 Å². The van der Waals surface area contributed by atoms with E-state index in [1.165, 1.54) is 0 Å². The third-order valence-electron chi connectivity index (χ3n) is 4.50. The molecule has 1 unspecified atom stereocenters. The molecule has 0 spiro atoms. The summed E-state index contributed by atoms with van der Waals surface area (Å²) in [6, 6.07) is 28.1. The predicted molar refractivity (Wildman–Crippen MR) is 113 cm³/mol. The first-order chi connectivity index (χ1) is 13.1. The third-order valence-corrected chi connectivity index (χ3v) is 4.98. The van der Waals surface area contributed by atoms with Gasteiger partial charge in [-0.1, -0.05) is 84.9 Å². The van der Waals surface area contributed by atoms with Crippen LogP contribution in [0.1, 0.15) is 39.9 Å². The van der Waals surface area contributed by atoms with Gasteiger partial charge in [0.05, 0.1) is 5.71 Å². The Labute approximate surface area is 169 Å². The average molecular weight is 367 g/mol. The highest BCUT2D eigenvalue weighted by molar-refractivity contribution is 6.17. The lowest BCUT2D eigenvalue weighted by molar-refractivity contribution is 0.0979. The van der Waals surface area contributed by atoms with Crippen LogP contribution in [0.25, 0.3) is 0 Å². The Hall–Kier alpha value is -2.47. The second-order valence-corrected chi connectivity index (χ2v) is 7.32. The molecule has 0 aromatic heterocycles. The average Bonchev–Trinajstić information content (AvgIpc) is 2.72. The highest BCUT2D eigenvalue weighted by Crippen LogP contribution is 2.15. The van der Waals surface area contributed by atoms with E-state index in [4.69, 9.17) is 4.99 Å². The molecule has 0 heterocycles. The predicted octanol–water partition coefficient (Wildman–Crippen LogP) is 4.99. The topological polar surface area (TPSA) is 29.4 Å². The Balaban J connectivity index is 1.77. The molecule has 3 aromatic carbocycles. The maximum absolute atomic E-state index is 12.5. The number of rotatable bonds is 7. The van der Waals surface area contributed by atoms with Crippen molar-refractivity contribution in [3.05, 3.63) is 107 Å². The van der Waals surface area contributed by atoms with Gasteiger partial charge in [0.1, 0.15) is 0 Å². The summed E-state index contributed by atoms with van der Waals surface area (Å²) >= 11 is 2.78. The highest BCUT2D eigenvalue weighted by atomic mass is 27.0. The molecule has 1 atom stereocenters. The summed E-state index contributed by atoms with van der Waals surface area (Å²) in [6.45, 7) is 1.98. The van der Waals surface area contributed by atoms with Crippen LogP contribution in [0, 0.1) is 6.92 Å². The number of carbonyl (C=O) groups is 1. The molecule has 0 N–H and O–H groups in total. The van der Waals surface area contributed by atoms with Gasteiger partial charge in [-0.15, -0.1) is 0 Å². The molecule has 0 aliphatic rings. The maximum Gasteiger partial charge on any atom is 0.163 e. The minimum atomic E-state index is -0.0200. The summed E-state index contributed by atoms with van der Waals surface area (Å²) < 4.78 is 0. The van der Waals surface area contributed by atoms with Gasteiger partial charge in [0.2, 0.25) is 0 Å². The summed E-state index contributed by atoms with van der Waals surface area (Å²) in [6.07, 6.45) is 1.18. The van der Waals surface area contributed by atoms with Gasteiger partial charge in [0, 0.05) is 23.1 Å². The highest BCUT2D eigenvalue weighted by Gasteiger charge is 2.12. The standard InChI is InChI=1S/C24H22NO.Al/c1-19-11-8-9-16-22(19)23(26)17-10-18-25-24(20-12-4-2-5-13-20)21-14-6-3-7-15-21;/h2-9,11-16,18H,10,17H2,1H3;. The zero-order chi connectivity index (χ0) is 19.1. The van der Waals surface area contributed by atoms with Crippen LogP contribution in [0.2, 0.25) is 0 Å². The van der Waals surface area contributed by atoms with E-state index in [-0.39, 0.29) is 10.7 Å². The van der Waals surface area contributed by atoms with Gasteiger partial charge in [-0.05, 0) is 23.8 Å². The number of ketones is 1. The van der Waals surface area contributed by atoms with Crippen molar-refractivity contribution in [3.8, 4) is 0 Å². The number of carbonyl (C=O) groups excluding carboxylic acids is 1. The largest absolute Gasteiger partial charge is 0.298 e. The monoisotopic (exact) mass is 367 g/mol. The van der Waals surface area contributed by atoms with Crippen molar-refractivity contribution in [2.45, 2.75) is 24.7 Å². The van der Waals surface area contributed by atoms with Crippen LogP contribution in [-0.4, -0.2) is 32.7 Å². The van der Waals surface area contributed by atoms with Gasteiger partial charge in [0.15, 0.2) is 22.1 Å². The summed E-state index contributed by atoms with van der Waals surface area (Å²) in [7, 11) is 0. The Bertz CT molecular complexity index is 878. The van der Waals surface area contributed by atoms with Gasteiger partial charge in [0.25, 0.3) is 0 Å². The third kappa shape index (κ3) is 5.26. The van der Waals surface area contributed by atoms with E-state index in [1.54, 1.807) is 0 Å². The van der Waals surface area contributed by atoms with Gasteiger partial charge >= 0.3 is 0 Å². The van der Waals surface area contributed by atoms with E-state index in [9.17, 15) is 4.79 Å². The summed E-state index contributed by atoms with van der Waals surface area (Å²) in [5.41, 5.74) is 4.97. The molecule has 0 fully saturated rings. The number of nitrogens with zero attached hydrogens (tertiary/aromatic N) is 1. The van der Waals surface area contributed by atoms with Crippen LogP contribution >= 0.6 is 0 Å². The minimum Gasteiger partial charge on any atom is -0.298 e. The molecular formula is C24H22AlNO. The van der Waals surface area contributed by atoms with Crippen LogP contribution in [-0.2, 0) is 0 Å². The molecule has 0 aliphatic heterocycles. The normalized spacial score (nSPS) is 11.6. The number of Topliss-reactive ketones (excluding diaryl/α,β-unsaturated/α-hetero) is 1. The Kier molecular flexibility index (Phi) is 6.76. The van der Waals surface area contributed by atoms with Crippen LogP contribution in [0.3, 0.4) is 0 Å². The Morgan fingerprint density at radius 1 is 0.852 bits per heavy atom. The molecule has 0 aliphatic carbocycles. The molecule has 2 nitrogen and oxygen atoms in total. The van der Waals surface area contributed by atoms with Crippen LogP contribution < -0.4 is 0 Å². The van der Waals surface area contributed by atoms with Gasteiger partial charge < -0.3 is 0 Å². The summed E-state index contributed by atoms with van der Waals surface area (Å²) in [5, 5.41) is 0. The van der Waals surface area contributed by atoms with E-state index in [0.29, 0.717) is 12.8 Å². The summed E-state index contributed by atoms with van der Waals surface area (Å²) in [4.78, 5) is 17.5. The smallest absolute Gasteiger partial charge is 0.163 e. The van der Waals surface area contributed by atoms with Gasteiger partial charge in [-0.25, -0.2) is 0 Å². The molecule has 0 saturated carbocycles. The van der Waals surface area contributed by atoms with Crippen molar-refractivity contribution in [1.29, 1.82) is 0 Å². The number of hydrogen-bond donors (Lipinski definition) is 0. The molecule has 0 bridgehead atoms. The summed E-state index contributed by atoms with van der Waals surface area (Å²) in [5.74, 6) is 0.178. The van der Waals surface area contributed by atoms with E-state index < -0.39 is 0 Å². The fourth-order valence-corrected chi connectivity index (χ4v) is 3.35. The molecule has 0 saturated heterocycles. The van der Waals surface area contributed by atoms with Crippen molar-refractivity contribution in [2.24, 2.45) is 4.99 Å². The molecule has 3 rings (SSSR count). The molecule has 27 heavy (non-hydrogen) atoms. The number of benzene rings is 3. The number of aliphatic imine (C=N–C) groups is 1. The zero-order valence-electron chi connectivity index (χ0n) is 15.5. The fraction of sp³-hybridized carbons (Fsp3) is 0.167. The second-order valence-electron chi connectivity index (χ2n) is 6.55. The molecule has 0 amide bonds. The lowest BCUT2D eigenvalue weighted by Gasteiger charge is -2.13. The van der Waals surface area contributed by atoms with Crippen molar-refractivity contribution in [3.63, 3.8) is 0 Å². The maximum atomic E-state index is 12.5. The second kappa shape index (κ2) is 9.46. The van der Waals surface area contributed by atoms with Gasteiger partial charge in [-0.3, -0.25) is 9.79 Å². The minimum absolute atomic E-state index is 0.0200. The fourth-order valence-electron chi connectivity index (χ4n) is 3.04. The van der Waals surface area contributed by atoms with Crippen LogP contribution in [0.15, 0.2) is 89.9 Å². The van der Waals surface area contributed by atoms with Crippen LogP contribution in [0.5, 0.6) is 0 Å². The van der Waals surface area contributed by atoms with E-state index >= 15 is 0 Å². The van der Waals surface area contributed by atoms with E-state index in [0.717, 1.165) is 28.0 Å². The molecular weight excluding hydrogens is 345 g/mol. The lowest BCUT2D eigenvalue weighted by atomic mass is 10.0. The first-order valence-electron chi connectivity index (χ1n) is 9.18. The zero-order valence-corrected chi connectivity index (χ0v) is 16.7. The van der Waals surface area contributed by atoms with Crippen molar-refractivity contribution in [2.75, 3.05) is 0 Å². The SMILES string of the molecule is Cc1ccccc1C(=O)CC[CH]([Al])N=C(c1ccccc1)c1ccccc1. The van der Waals surface area contributed by atoms with Crippen LogP contribution in [0.4, 0.5) is 0 Å². The van der Waals surface area contributed by atoms with Crippen molar-refractivity contribution in [1.82, 2.24) is 0 Å². The Morgan fingerprint density at radius 3 is 1.93 bits per heavy atom. The Morgan fingerprint density at radius 2 is 1.37 bits per heavy atom. The molecule has 3 aromatic rings. The van der Waals surface area contributed by atoms with Crippen molar-refractivity contribution >= 4 is 27.8 Å². The van der Waals surface area contributed by atoms with E-state index in [2.05, 4.69) is 40.6 Å².